The average molecular weight is 465 g/mol. The van der Waals surface area contributed by atoms with Crippen LogP contribution in [-0.2, 0) is 13.1 Å². The van der Waals surface area contributed by atoms with Crippen LogP contribution in [-0.4, -0.2) is 77.5 Å². The van der Waals surface area contributed by atoms with Crippen LogP contribution in [0.2, 0.25) is 0 Å². The molecule has 4 N–H and O–H groups in total. The van der Waals surface area contributed by atoms with Crippen LogP contribution in [0.3, 0.4) is 0 Å². The summed E-state index contributed by atoms with van der Waals surface area (Å²) in [5.74, 6) is -2.65. The molecule has 0 spiro atoms. The van der Waals surface area contributed by atoms with E-state index in [0.29, 0.717) is 24.3 Å². The third-order valence-electron chi connectivity index (χ3n) is 6.03. The van der Waals surface area contributed by atoms with Crippen molar-refractivity contribution in [2.24, 2.45) is 5.73 Å². The molecule has 33 heavy (non-hydrogen) atoms. The zero-order chi connectivity index (χ0) is 23.8. The van der Waals surface area contributed by atoms with Gasteiger partial charge in [0.25, 0.3) is 5.91 Å². The van der Waals surface area contributed by atoms with Crippen molar-refractivity contribution in [1.82, 2.24) is 24.9 Å². The van der Waals surface area contributed by atoms with E-state index in [1.807, 2.05) is 7.05 Å². The summed E-state index contributed by atoms with van der Waals surface area (Å²) in [5.41, 5.74) is 6.62. The zero-order valence-electron chi connectivity index (χ0n) is 18.2. The SMILES string of the molecule is CN1CCN(C(=O)Nc2ccc(Cn3nc(C(N)=O)c4c3C(C(F)(F)F)CNC4)cc2)CC1. The lowest BCUT2D eigenvalue weighted by Crippen LogP contribution is -2.48. The lowest BCUT2D eigenvalue weighted by atomic mass is 9.95. The van der Waals surface area contributed by atoms with E-state index in [0.717, 1.165) is 13.1 Å². The smallest absolute Gasteiger partial charge is 0.364 e. The molecule has 1 unspecified atom stereocenters. The van der Waals surface area contributed by atoms with Crippen molar-refractivity contribution in [3.8, 4) is 0 Å². The monoisotopic (exact) mass is 465 g/mol. The first-order valence-corrected chi connectivity index (χ1v) is 10.6. The van der Waals surface area contributed by atoms with E-state index in [-0.39, 0.29) is 42.6 Å². The second-order valence-corrected chi connectivity index (χ2v) is 8.38. The van der Waals surface area contributed by atoms with Crippen LogP contribution in [0.5, 0.6) is 0 Å². The fourth-order valence-corrected chi connectivity index (χ4v) is 4.18. The van der Waals surface area contributed by atoms with Gasteiger partial charge in [-0.3, -0.25) is 9.48 Å². The van der Waals surface area contributed by atoms with E-state index in [2.05, 4.69) is 20.6 Å². The first-order chi connectivity index (χ1) is 15.6. The summed E-state index contributed by atoms with van der Waals surface area (Å²) < 4.78 is 42.2. The highest BCUT2D eigenvalue weighted by atomic mass is 19.4. The minimum atomic E-state index is -4.49. The quantitative estimate of drug-likeness (QED) is 0.635. The van der Waals surface area contributed by atoms with E-state index in [4.69, 9.17) is 5.73 Å². The van der Waals surface area contributed by atoms with Crippen molar-refractivity contribution in [3.63, 3.8) is 0 Å². The zero-order valence-corrected chi connectivity index (χ0v) is 18.2. The van der Waals surface area contributed by atoms with Gasteiger partial charge in [0.1, 0.15) is 5.92 Å². The number of aromatic nitrogens is 2. The van der Waals surface area contributed by atoms with Gasteiger partial charge in [-0.2, -0.15) is 18.3 Å². The summed E-state index contributed by atoms with van der Waals surface area (Å²) in [4.78, 5) is 28.1. The molecule has 2 aliphatic heterocycles. The number of primary amides is 1. The van der Waals surface area contributed by atoms with Crippen LogP contribution < -0.4 is 16.4 Å². The average Bonchev–Trinajstić information content (AvgIpc) is 3.13. The van der Waals surface area contributed by atoms with Crippen LogP contribution in [0.1, 0.15) is 33.2 Å². The second kappa shape index (κ2) is 9.02. The summed E-state index contributed by atoms with van der Waals surface area (Å²) in [5, 5.41) is 9.65. The number of benzene rings is 1. The maximum Gasteiger partial charge on any atom is 0.398 e. The molecule has 9 nitrogen and oxygen atoms in total. The van der Waals surface area contributed by atoms with Crippen LogP contribution >= 0.6 is 0 Å². The van der Waals surface area contributed by atoms with E-state index in [9.17, 15) is 22.8 Å². The Balaban J connectivity index is 1.51. The standard InChI is InChI=1S/C21H26F3N7O2/c1-29-6-8-30(9-7-29)20(33)27-14-4-2-13(3-5-14)12-31-18-15(17(28-31)19(25)32)10-26-11-16(18)21(22,23)24/h2-5,16,26H,6-12H2,1H3,(H2,25,32)(H,27,33). The number of alkyl halides is 3. The normalized spacial score (nSPS) is 19.3. The molecule has 1 atom stereocenters. The molecule has 2 aromatic rings. The molecular weight excluding hydrogens is 439 g/mol. The van der Waals surface area contributed by atoms with Crippen molar-refractivity contribution >= 4 is 17.6 Å². The predicted molar refractivity (Wildman–Crippen MR) is 115 cm³/mol. The lowest BCUT2D eigenvalue weighted by Gasteiger charge is -2.32. The molecule has 12 heteroatoms. The molecule has 3 amide bonds. The molecule has 3 heterocycles. The highest BCUT2D eigenvalue weighted by Gasteiger charge is 2.46. The first-order valence-electron chi connectivity index (χ1n) is 10.6. The van der Waals surface area contributed by atoms with Gasteiger partial charge in [0, 0.05) is 50.5 Å². The number of likely N-dealkylation sites (N-methyl/N-ethyl adjacent to an activating group) is 1. The number of fused-ring (bicyclic) bond motifs is 1. The third kappa shape index (κ3) is 4.96. The van der Waals surface area contributed by atoms with Gasteiger partial charge in [-0.25, -0.2) is 4.79 Å². The lowest BCUT2D eigenvalue weighted by molar-refractivity contribution is -0.152. The number of urea groups is 1. The second-order valence-electron chi connectivity index (χ2n) is 8.38. The van der Waals surface area contributed by atoms with E-state index in [1.165, 1.54) is 4.68 Å². The molecule has 0 bridgehead atoms. The number of nitrogens with two attached hydrogens (primary N) is 1. The summed E-state index contributed by atoms with van der Waals surface area (Å²) >= 11 is 0. The molecule has 0 aliphatic carbocycles. The van der Waals surface area contributed by atoms with Gasteiger partial charge < -0.3 is 26.2 Å². The van der Waals surface area contributed by atoms with Crippen molar-refractivity contribution in [1.29, 1.82) is 0 Å². The highest BCUT2D eigenvalue weighted by molar-refractivity contribution is 5.92. The number of anilines is 1. The van der Waals surface area contributed by atoms with Crippen LogP contribution in [0.15, 0.2) is 24.3 Å². The topological polar surface area (TPSA) is 109 Å². The number of carbonyl (C=O) groups is 2. The Labute approximate surface area is 188 Å². The minimum Gasteiger partial charge on any atom is -0.364 e. The Hall–Kier alpha value is -3.12. The fraction of sp³-hybridized carbons (Fsp3) is 0.476. The van der Waals surface area contributed by atoms with Crippen molar-refractivity contribution in [3.05, 3.63) is 46.8 Å². The molecule has 0 radical (unpaired) electrons. The molecule has 1 aromatic carbocycles. The van der Waals surface area contributed by atoms with Gasteiger partial charge in [-0.15, -0.1) is 0 Å². The van der Waals surface area contributed by atoms with Crippen molar-refractivity contribution in [2.45, 2.75) is 25.2 Å². The number of rotatable bonds is 4. The van der Waals surface area contributed by atoms with Gasteiger partial charge in [-0.1, -0.05) is 12.1 Å². The van der Waals surface area contributed by atoms with E-state index < -0.39 is 18.0 Å². The van der Waals surface area contributed by atoms with E-state index >= 15 is 0 Å². The van der Waals surface area contributed by atoms with Gasteiger partial charge >= 0.3 is 12.2 Å². The predicted octanol–water partition coefficient (Wildman–Crippen LogP) is 1.56. The highest BCUT2D eigenvalue weighted by Crippen LogP contribution is 2.39. The van der Waals surface area contributed by atoms with Gasteiger partial charge in [-0.05, 0) is 24.7 Å². The van der Waals surface area contributed by atoms with Gasteiger partial charge in [0.15, 0.2) is 5.69 Å². The number of nitrogens with zero attached hydrogens (tertiary/aromatic N) is 4. The molecule has 1 saturated heterocycles. The largest absolute Gasteiger partial charge is 0.398 e. The maximum atomic E-state index is 13.7. The number of amides is 3. The Morgan fingerprint density at radius 2 is 1.85 bits per heavy atom. The van der Waals surface area contributed by atoms with Gasteiger partial charge in [0.05, 0.1) is 12.2 Å². The Morgan fingerprint density at radius 1 is 1.18 bits per heavy atom. The summed E-state index contributed by atoms with van der Waals surface area (Å²) in [6.45, 7) is 2.74. The number of halogens is 3. The van der Waals surface area contributed by atoms with Crippen LogP contribution in [0, 0.1) is 0 Å². The third-order valence-corrected chi connectivity index (χ3v) is 6.03. The number of carbonyl (C=O) groups excluding carboxylic acids is 2. The fourth-order valence-electron chi connectivity index (χ4n) is 4.18. The molecule has 0 saturated carbocycles. The van der Waals surface area contributed by atoms with Crippen molar-refractivity contribution in [2.75, 3.05) is 45.1 Å². The maximum absolute atomic E-state index is 13.7. The molecule has 1 fully saturated rings. The number of nitrogens with one attached hydrogen (secondary N) is 2. The first kappa shape index (κ1) is 23.1. The summed E-state index contributed by atoms with van der Waals surface area (Å²) in [7, 11) is 2.00. The van der Waals surface area contributed by atoms with E-state index in [1.54, 1.807) is 29.2 Å². The Bertz CT molecular complexity index is 1030. The Kier molecular flexibility index (Phi) is 6.30. The number of hydrogen-bond donors (Lipinski definition) is 3. The molecular formula is C21H26F3N7O2. The molecule has 2 aliphatic rings. The number of hydrogen-bond acceptors (Lipinski definition) is 5. The van der Waals surface area contributed by atoms with Crippen LogP contribution in [0.4, 0.5) is 23.7 Å². The molecule has 178 valence electrons. The van der Waals surface area contributed by atoms with Crippen LogP contribution in [0.25, 0.3) is 0 Å². The molecule has 1 aromatic heterocycles. The minimum absolute atomic E-state index is 0.0366. The Morgan fingerprint density at radius 3 is 2.45 bits per heavy atom. The summed E-state index contributed by atoms with van der Waals surface area (Å²) in [6.07, 6.45) is -4.49. The number of piperazine rings is 1. The van der Waals surface area contributed by atoms with Gasteiger partial charge in [0.2, 0.25) is 0 Å². The van der Waals surface area contributed by atoms with Crippen molar-refractivity contribution < 1.29 is 22.8 Å². The molecule has 4 rings (SSSR count). The summed E-state index contributed by atoms with van der Waals surface area (Å²) in [6, 6.07) is 6.61.